The lowest BCUT2D eigenvalue weighted by Crippen LogP contribution is -2.24. The number of hydrogen-bond donors (Lipinski definition) is 0. The van der Waals surface area contributed by atoms with Crippen molar-refractivity contribution in [2.75, 3.05) is 13.7 Å². The van der Waals surface area contributed by atoms with Crippen LogP contribution in [0, 0.1) is 13.8 Å². The average molecular weight is 456 g/mol. The van der Waals surface area contributed by atoms with Gasteiger partial charge in [0.1, 0.15) is 4.70 Å². The van der Waals surface area contributed by atoms with Crippen LogP contribution in [0.3, 0.4) is 0 Å². The molecule has 3 heterocycles. The van der Waals surface area contributed by atoms with Crippen LogP contribution < -0.4 is 5.56 Å². The molecule has 3 aromatic heterocycles. The number of methoxy groups -OCH3 is 1. The van der Waals surface area contributed by atoms with E-state index in [1.165, 1.54) is 22.2 Å². The molecule has 0 saturated heterocycles. The molecule has 0 aliphatic carbocycles. The highest BCUT2D eigenvalue weighted by atomic mass is 35.5. The summed E-state index contributed by atoms with van der Waals surface area (Å²) in [4.78, 5) is 31.4. The number of ether oxygens (including phenoxy) is 1. The van der Waals surface area contributed by atoms with E-state index in [4.69, 9.17) is 16.3 Å². The van der Waals surface area contributed by atoms with Crippen molar-refractivity contribution in [1.82, 2.24) is 14.1 Å². The van der Waals surface area contributed by atoms with Crippen molar-refractivity contribution in [1.29, 1.82) is 0 Å². The quantitative estimate of drug-likeness (QED) is 0.378. The van der Waals surface area contributed by atoms with Gasteiger partial charge in [0.15, 0.2) is 5.78 Å². The molecule has 0 bridgehead atoms. The molecule has 0 radical (unpaired) electrons. The minimum atomic E-state index is -0.211. The lowest BCUT2D eigenvalue weighted by atomic mass is 10.1. The first-order valence-corrected chi connectivity index (χ1v) is 11.0. The first-order valence-electron chi connectivity index (χ1n) is 9.83. The second-order valence-corrected chi connectivity index (χ2v) is 8.85. The van der Waals surface area contributed by atoms with E-state index in [2.05, 4.69) is 9.55 Å². The van der Waals surface area contributed by atoms with Crippen LogP contribution in [-0.4, -0.2) is 33.6 Å². The Morgan fingerprint density at radius 2 is 1.94 bits per heavy atom. The van der Waals surface area contributed by atoms with Crippen LogP contribution >= 0.6 is 22.9 Å². The van der Waals surface area contributed by atoms with E-state index in [1.54, 1.807) is 7.11 Å². The number of rotatable bonds is 7. The van der Waals surface area contributed by atoms with Crippen LogP contribution in [0.2, 0.25) is 5.02 Å². The zero-order chi connectivity index (χ0) is 22.1. The van der Waals surface area contributed by atoms with Gasteiger partial charge in [-0.05, 0) is 43.7 Å². The minimum Gasteiger partial charge on any atom is -0.383 e. The van der Waals surface area contributed by atoms with Gasteiger partial charge in [-0.15, -0.1) is 11.3 Å². The van der Waals surface area contributed by atoms with Gasteiger partial charge in [0.2, 0.25) is 0 Å². The van der Waals surface area contributed by atoms with Crippen molar-refractivity contribution in [2.45, 2.75) is 26.9 Å². The maximum Gasteiger partial charge on any atom is 0.271 e. The molecule has 0 spiro atoms. The van der Waals surface area contributed by atoms with Crippen molar-refractivity contribution in [3.8, 4) is 10.4 Å². The third-order valence-corrected chi connectivity index (χ3v) is 6.75. The summed E-state index contributed by atoms with van der Waals surface area (Å²) in [5, 5.41) is 0.658. The normalized spacial score (nSPS) is 11.4. The summed E-state index contributed by atoms with van der Waals surface area (Å²) in [6.07, 6.45) is 1.45. The number of hydrogen-bond acceptors (Lipinski definition) is 5. The van der Waals surface area contributed by atoms with Gasteiger partial charge in [-0.3, -0.25) is 14.2 Å². The molecule has 0 fully saturated rings. The second kappa shape index (κ2) is 8.78. The van der Waals surface area contributed by atoms with Gasteiger partial charge >= 0.3 is 0 Å². The van der Waals surface area contributed by atoms with Gasteiger partial charge in [0, 0.05) is 40.5 Å². The fourth-order valence-electron chi connectivity index (χ4n) is 3.66. The number of carbonyl (C=O) groups is 1. The van der Waals surface area contributed by atoms with Crippen LogP contribution in [0.5, 0.6) is 0 Å². The van der Waals surface area contributed by atoms with Gasteiger partial charge in [0.25, 0.3) is 5.56 Å². The third kappa shape index (κ3) is 4.21. The highest BCUT2D eigenvalue weighted by Gasteiger charge is 2.18. The lowest BCUT2D eigenvalue weighted by molar-refractivity contribution is 0.0969. The standard InChI is InChI=1S/C23H22ClN3O3S/c1-14-10-18(15(2)27(14)8-9-30-3)20(28)12-26-13-25-19-11-21(31-22(19)23(26)29)16-4-6-17(24)7-5-16/h4-7,10-11,13H,8-9,12H2,1-3H3. The summed E-state index contributed by atoms with van der Waals surface area (Å²) in [5.74, 6) is -0.116. The number of Topliss-reactive ketones (excluding diaryl/α,β-unsaturated/α-hetero) is 1. The predicted molar refractivity (Wildman–Crippen MR) is 124 cm³/mol. The molecule has 0 amide bonds. The monoisotopic (exact) mass is 455 g/mol. The largest absolute Gasteiger partial charge is 0.383 e. The first-order chi connectivity index (χ1) is 14.9. The summed E-state index contributed by atoms with van der Waals surface area (Å²) >= 11 is 7.34. The molecule has 1 aromatic carbocycles. The number of nitrogens with zero attached hydrogens (tertiary/aromatic N) is 3. The molecule has 0 N–H and O–H groups in total. The van der Waals surface area contributed by atoms with Gasteiger partial charge < -0.3 is 9.30 Å². The number of thiophene rings is 1. The number of halogens is 1. The Morgan fingerprint density at radius 3 is 2.65 bits per heavy atom. The van der Waals surface area contributed by atoms with E-state index >= 15 is 0 Å². The van der Waals surface area contributed by atoms with Gasteiger partial charge in [-0.25, -0.2) is 4.98 Å². The number of benzene rings is 1. The van der Waals surface area contributed by atoms with Crippen LogP contribution in [0.4, 0.5) is 0 Å². The maximum atomic E-state index is 13.0. The zero-order valence-corrected chi connectivity index (χ0v) is 19.1. The molecular formula is C23H22ClN3O3S. The Kier molecular flexibility index (Phi) is 6.09. The van der Waals surface area contributed by atoms with E-state index in [1.807, 2.05) is 50.2 Å². The molecular weight excluding hydrogens is 434 g/mol. The van der Waals surface area contributed by atoms with Crippen LogP contribution in [0.15, 0.2) is 47.5 Å². The number of fused-ring (bicyclic) bond motifs is 1. The maximum absolute atomic E-state index is 13.0. The summed E-state index contributed by atoms with van der Waals surface area (Å²) in [5.41, 5.74) is 3.87. The summed E-state index contributed by atoms with van der Waals surface area (Å²) in [6, 6.07) is 11.2. The Morgan fingerprint density at radius 1 is 1.19 bits per heavy atom. The number of aryl methyl sites for hydroxylation is 1. The van der Waals surface area contributed by atoms with E-state index in [0.29, 0.717) is 34.0 Å². The molecule has 0 aliphatic rings. The van der Waals surface area contributed by atoms with Crippen molar-refractivity contribution in [3.05, 3.63) is 75.1 Å². The Labute approximate surface area is 188 Å². The molecule has 8 heteroatoms. The molecule has 31 heavy (non-hydrogen) atoms. The smallest absolute Gasteiger partial charge is 0.271 e. The highest BCUT2D eigenvalue weighted by molar-refractivity contribution is 7.22. The molecule has 160 valence electrons. The van der Waals surface area contributed by atoms with Crippen molar-refractivity contribution >= 4 is 38.9 Å². The van der Waals surface area contributed by atoms with E-state index in [9.17, 15) is 9.59 Å². The highest BCUT2D eigenvalue weighted by Crippen LogP contribution is 2.31. The molecule has 0 atom stereocenters. The Hall–Kier alpha value is -2.74. The van der Waals surface area contributed by atoms with Crippen molar-refractivity contribution in [2.24, 2.45) is 0 Å². The summed E-state index contributed by atoms with van der Waals surface area (Å²) < 4.78 is 9.12. The van der Waals surface area contributed by atoms with Crippen LogP contribution in [0.1, 0.15) is 21.7 Å². The molecule has 0 unspecified atom stereocenters. The predicted octanol–water partition coefficient (Wildman–Crippen LogP) is 4.73. The lowest BCUT2D eigenvalue weighted by Gasteiger charge is -2.09. The summed E-state index contributed by atoms with van der Waals surface area (Å²) in [6.45, 7) is 5.07. The fraction of sp³-hybridized carbons (Fsp3) is 0.261. The molecule has 0 aliphatic heterocycles. The van der Waals surface area contributed by atoms with E-state index < -0.39 is 0 Å². The Balaban J connectivity index is 1.63. The second-order valence-electron chi connectivity index (χ2n) is 7.36. The first kappa shape index (κ1) is 21.5. The molecule has 4 rings (SSSR count). The van der Waals surface area contributed by atoms with E-state index in [0.717, 1.165) is 21.8 Å². The van der Waals surface area contributed by atoms with Gasteiger partial charge in [0.05, 0.1) is 25.0 Å². The number of ketones is 1. The van der Waals surface area contributed by atoms with Crippen molar-refractivity contribution in [3.63, 3.8) is 0 Å². The van der Waals surface area contributed by atoms with Crippen LogP contribution in [-0.2, 0) is 17.8 Å². The fourth-order valence-corrected chi connectivity index (χ4v) is 4.86. The zero-order valence-electron chi connectivity index (χ0n) is 17.5. The minimum absolute atomic E-state index is 0.0511. The molecule has 4 aromatic rings. The van der Waals surface area contributed by atoms with Crippen LogP contribution in [0.25, 0.3) is 20.7 Å². The van der Waals surface area contributed by atoms with Gasteiger partial charge in [-0.1, -0.05) is 23.7 Å². The summed E-state index contributed by atoms with van der Waals surface area (Å²) in [7, 11) is 1.65. The average Bonchev–Trinajstić information content (AvgIpc) is 3.31. The molecule has 6 nitrogen and oxygen atoms in total. The number of carbonyl (C=O) groups excluding carboxylic acids is 1. The SMILES string of the molecule is COCCn1c(C)cc(C(=O)Cn2cnc3cc(-c4ccc(Cl)cc4)sc3c2=O)c1C. The molecule has 0 saturated carbocycles. The third-order valence-electron chi connectivity index (χ3n) is 5.34. The Bertz CT molecular complexity index is 1320. The van der Waals surface area contributed by atoms with Crippen molar-refractivity contribution < 1.29 is 9.53 Å². The van der Waals surface area contributed by atoms with Gasteiger partial charge in [-0.2, -0.15) is 0 Å². The topological polar surface area (TPSA) is 66.1 Å². The number of aromatic nitrogens is 3. The van der Waals surface area contributed by atoms with E-state index in [-0.39, 0.29) is 17.9 Å².